The minimum atomic E-state index is -0.527. The van der Waals surface area contributed by atoms with Crippen molar-refractivity contribution >= 4 is 40.2 Å². The van der Waals surface area contributed by atoms with Crippen LogP contribution in [0.4, 0.5) is 17.1 Å². The van der Waals surface area contributed by atoms with Gasteiger partial charge in [0.2, 0.25) is 0 Å². The van der Waals surface area contributed by atoms with E-state index in [4.69, 9.17) is 0 Å². The number of nitrogens with zero attached hydrogens (tertiary/aromatic N) is 4. The number of para-hydroxylation sites is 2. The first-order valence-corrected chi connectivity index (χ1v) is 9.50. The Kier molecular flexibility index (Phi) is 4.25. The summed E-state index contributed by atoms with van der Waals surface area (Å²) in [6, 6.07) is 20.6. The van der Waals surface area contributed by atoms with Gasteiger partial charge in [0.15, 0.2) is 11.5 Å². The minimum absolute atomic E-state index is 0.0228. The molecule has 0 saturated carbocycles. The summed E-state index contributed by atoms with van der Waals surface area (Å²) in [7, 11) is 0. The zero-order valence-corrected chi connectivity index (χ0v) is 16.1. The van der Waals surface area contributed by atoms with Crippen molar-refractivity contribution in [1.29, 1.82) is 0 Å². The fraction of sp³-hybridized carbons (Fsp3) is 0.0435. The Morgan fingerprint density at radius 1 is 0.839 bits per heavy atom. The number of nitro groups is 1. The summed E-state index contributed by atoms with van der Waals surface area (Å²) < 4.78 is 0. The highest BCUT2D eigenvalue weighted by molar-refractivity contribution is 6.56. The van der Waals surface area contributed by atoms with Crippen LogP contribution in [-0.2, 0) is 16.0 Å². The van der Waals surface area contributed by atoms with Gasteiger partial charge in [0.25, 0.3) is 11.6 Å². The summed E-state index contributed by atoms with van der Waals surface area (Å²) in [5.41, 5.74) is 2.99. The molecule has 3 aromatic rings. The van der Waals surface area contributed by atoms with E-state index in [0.29, 0.717) is 28.1 Å². The number of anilines is 2. The number of benzene rings is 3. The first kappa shape index (κ1) is 18.6. The number of ketones is 1. The van der Waals surface area contributed by atoms with E-state index in [0.717, 1.165) is 0 Å². The van der Waals surface area contributed by atoms with Gasteiger partial charge in [-0.15, -0.1) is 10.2 Å². The van der Waals surface area contributed by atoms with Crippen molar-refractivity contribution in [1.82, 2.24) is 0 Å². The van der Waals surface area contributed by atoms with Gasteiger partial charge in [-0.1, -0.05) is 42.5 Å². The summed E-state index contributed by atoms with van der Waals surface area (Å²) in [6.45, 7) is 0. The number of carbonyl (C=O) groups excluding carboxylic acids is 2. The van der Waals surface area contributed by atoms with Crippen LogP contribution in [0.25, 0.3) is 0 Å². The molecule has 0 saturated heterocycles. The van der Waals surface area contributed by atoms with Crippen molar-refractivity contribution in [2.24, 2.45) is 10.2 Å². The number of hydrogen-bond acceptors (Lipinski definition) is 6. The Morgan fingerprint density at radius 2 is 1.55 bits per heavy atom. The lowest BCUT2D eigenvalue weighted by atomic mass is 10.1. The molecule has 0 N–H and O–H groups in total. The molecule has 31 heavy (non-hydrogen) atoms. The molecule has 0 aromatic heterocycles. The van der Waals surface area contributed by atoms with E-state index in [1.54, 1.807) is 23.1 Å². The van der Waals surface area contributed by atoms with Gasteiger partial charge in [-0.3, -0.25) is 24.6 Å². The van der Waals surface area contributed by atoms with Crippen LogP contribution in [0.3, 0.4) is 0 Å². The number of fused-ring (bicyclic) bond motifs is 2. The number of amides is 1. The third kappa shape index (κ3) is 3.01. The van der Waals surface area contributed by atoms with E-state index in [9.17, 15) is 19.7 Å². The maximum atomic E-state index is 13.2. The van der Waals surface area contributed by atoms with Crippen molar-refractivity contribution in [2.45, 2.75) is 6.42 Å². The quantitative estimate of drug-likeness (QED) is 0.486. The molecule has 8 heteroatoms. The number of rotatable bonds is 3. The normalized spacial score (nSPS) is 17.4. The van der Waals surface area contributed by atoms with Crippen molar-refractivity contribution in [3.63, 3.8) is 0 Å². The number of non-ortho nitro benzene ring substituents is 1. The standard InChI is InChI=1S/C23H14N4O4/c28-20-12-14-10-11-16(27(30)31)13-18(14)21(20)24-25-22-17-8-4-5-9-19(17)26(23(22)29)15-6-2-1-3-7-15/h1-11,13H,12H2/b24-21-,25-22-. The molecule has 0 bridgehead atoms. The molecule has 150 valence electrons. The molecular weight excluding hydrogens is 396 g/mol. The lowest BCUT2D eigenvalue weighted by Crippen LogP contribution is -2.25. The third-order valence-corrected chi connectivity index (χ3v) is 5.24. The lowest BCUT2D eigenvalue weighted by Gasteiger charge is -2.16. The maximum Gasteiger partial charge on any atom is 0.284 e. The van der Waals surface area contributed by atoms with Gasteiger partial charge in [0, 0.05) is 35.4 Å². The van der Waals surface area contributed by atoms with Crippen molar-refractivity contribution in [2.75, 3.05) is 4.90 Å². The van der Waals surface area contributed by atoms with E-state index in [1.807, 2.05) is 42.5 Å². The predicted molar refractivity (Wildman–Crippen MR) is 115 cm³/mol. The van der Waals surface area contributed by atoms with Crippen molar-refractivity contribution < 1.29 is 14.5 Å². The van der Waals surface area contributed by atoms with Crippen LogP contribution in [0.2, 0.25) is 0 Å². The van der Waals surface area contributed by atoms with Crippen LogP contribution < -0.4 is 4.90 Å². The highest BCUT2D eigenvalue weighted by Crippen LogP contribution is 2.35. The molecule has 0 fully saturated rings. The Labute approximate surface area is 176 Å². The van der Waals surface area contributed by atoms with Crippen LogP contribution in [-0.4, -0.2) is 28.0 Å². The third-order valence-electron chi connectivity index (χ3n) is 5.24. The molecule has 5 rings (SSSR count). The predicted octanol–water partition coefficient (Wildman–Crippen LogP) is 3.59. The van der Waals surface area contributed by atoms with Crippen LogP contribution in [0.15, 0.2) is 83.0 Å². The first-order valence-electron chi connectivity index (χ1n) is 9.50. The molecule has 1 amide bonds. The minimum Gasteiger partial charge on any atom is -0.292 e. The summed E-state index contributed by atoms with van der Waals surface area (Å²) in [4.78, 5) is 37.8. The van der Waals surface area contributed by atoms with E-state index in [2.05, 4.69) is 10.2 Å². The smallest absolute Gasteiger partial charge is 0.284 e. The summed E-state index contributed by atoms with van der Waals surface area (Å²) in [6.07, 6.45) is 0.0949. The average Bonchev–Trinajstić information content (AvgIpc) is 3.24. The Balaban J connectivity index is 1.60. The Morgan fingerprint density at radius 3 is 2.32 bits per heavy atom. The molecule has 0 radical (unpaired) electrons. The van der Waals surface area contributed by atoms with E-state index in [1.165, 1.54) is 12.1 Å². The average molecular weight is 410 g/mol. The molecule has 0 unspecified atom stereocenters. The van der Waals surface area contributed by atoms with E-state index in [-0.39, 0.29) is 35.2 Å². The largest absolute Gasteiger partial charge is 0.292 e. The van der Waals surface area contributed by atoms with Gasteiger partial charge in [0.05, 0.1) is 10.6 Å². The molecule has 1 aliphatic heterocycles. The van der Waals surface area contributed by atoms with Crippen molar-refractivity contribution in [3.8, 4) is 0 Å². The molecular formula is C23H14N4O4. The Hall–Kier alpha value is -4.46. The first-order chi connectivity index (χ1) is 15.0. The van der Waals surface area contributed by atoms with Gasteiger partial charge >= 0.3 is 0 Å². The molecule has 0 spiro atoms. The number of Topliss-reactive ketones (excluding diaryl/α,β-unsaturated/α-hetero) is 1. The SMILES string of the molecule is O=C1Cc2ccc([N+](=O)[O-])cc2/C1=N/N=C1\C(=O)N(c2ccccc2)c2ccccc21. The number of nitro benzene ring substituents is 1. The second-order valence-corrected chi connectivity index (χ2v) is 7.09. The molecule has 1 aliphatic carbocycles. The summed E-state index contributed by atoms with van der Waals surface area (Å²) in [5.74, 6) is -0.653. The maximum absolute atomic E-state index is 13.2. The van der Waals surface area contributed by atoms with E-state index >= 15 is 0 Å². The molecule has 0 atom stereocenters. The van der Waals surface area contributed by atoms with Crippen molar-refractivity contribution in [3.05, 3.63) is 99.6 Å². The topological polar surface area (TPSA) is 105 Å². The van der Waals surface area contributed by atoms with Crippen LogP contribution in [0, 0.1) is 10.1 Å². The molecule has 2 aliphatic rings. The van der Waals surface area contributed by atoms with Crippen LogP contribution >= 0.6 is 0 Å². The fourth-order valence-electron chi connectivity index (χ4n) is 3.80. The summed E-state index contributed by atoms with van der Waals surface area (Å²) >= 11 is 0. The molecule has 1 heterocycles. The van der Waals surface area contributed by atoms with Gasteiger partial charge in [-0.25, -0.2) is 0 Å². The van der Waals surface area contributed by atoms with Gasteiger partial charge in [-0.2, -0.15) is 0 Å². The second kappa shape index (κ2) is 7.10. The van der Waals surface area contributed by atoms with Gasteiger partial charge in [0.1, 0.15) is 5.71 Å². The highest BCUT2D eigenvalue weighted by atomic mass is 16.6. The molecule has 3 aromatic carbocycles. The lowest BCUT2D eigenvalue weighted by molar-refractivity contribution is -0.384. The Bertz CT molecular complexity index is 1330. The highest BCUT2D eigenvalue weighted by Gasteiger charge is 2.35. The van der Waals surface area contributed by atoms with Crippen LogP contribution in [0.1, 0.15) is 16.7 Å². The molecule has 8 nitrogen and oxygen atoms in total. The monoisotopic (exact) mass is 410 g/mol. The fourth-order valence-corrected chi connectivity index (χ4v) is 3.80. The van der Waals surface area contributed by atoms with Gasteiger partial charge < -0.3 is 0 Å². The van der Waals surface area contributed by atoms with Gasteiger partial charge in [-0.05, 0) is 23.8 Å². The number of hydrogen-bond donors (Lipinski definition) is 0. The van der Waals surface area contributed by atoms with Crippen LogP contribution in [0.5, 0.6) is 0 Å². The second-order valence-electron chi connectivity index (χ2n) is 7.09. The van der Waals surface area contributed by atoms with E-state index < -0.39 is 4.92 Å². The zero-order chi connectivity index (χ0) is 21.5. The summed E-state index contributed by atoms with van der Waals surface area (Å²) in [5, 5.41) is 19.4. The number of carbonyl (C=O) groups is 2. The zero-order valence-electron chi connectivity index (χ0n) is 16.1.